The molecule has 12 aromatic rings. The second kappa shape index (κ2) is 34.1. The molecule has 1 unspecified atom stereocenters. The summed E-state index contributed by atoms with van der Waals surface area (Å²) in [6, 6.07) is 26.7. The Morgan fingerprint density at radius 2 is 1.13 bits per heavy atom. The number of nitrogens with zero attached hydrogens (tertiary/aromatic N) is 20. The van der Waals surface area contributed by atoms with Gasteiger partial charge >= 0.3 is 6.18 Å². The Bertz CT molecular complexity index is 4810. The van der Waals surface area contributed by atoms with Crippen LogP contribution >= 0.6 is 0 Å². The van der Waals surface area contributed by atoms with Gasteiger partial charge in [-0.25, -0.2) is 37.7 Å². The van der Waals surface area contributed by atoms with Gasteiger partial charge in [-0.3, -0.25) is 9.59 Å². The van der Waals surface area contributed by atoms with Crippen molar-refractivity contribution in [1.82, 2.24) is 93.3 Å². The Kier molecular flexibility index (Phi) is 25.7. The van der Waals surface area contributed by atoms with Gasteiger partial charge < -0.3 is 30.7 Å². The SMILES string of the molecule is C.CC.CC.Cc1cc(C)n2nc(CC(=O)N(Cc3ccc(F)cc3)C3CC3)nc2n1.Cc1cc(C)n2nc(CC(=O)N(Cc3ccccc3F)C3CC3)nc2n1.Cc1cc(C2CCCN2c2cc(C(C)(F)F)nc3ncnn23)no1.Cc1cc(N)n2ncnc2n1.Nc1cccc(C(F)(F)F)c1. The Labute approximate surface area is 590 Å². The van der Waals surface area contributed by atoms with Crippen LogP contribution in [0.1, 0.15) is 161 Å². The van der Waals surface area contributed by atoms with Crippen LogP contribution in [0.25, 0.3) is 23.1 Å². The Morgan fingerprint density at radius 1 is 0.592 bits per heavy atom. The summed E-state index contributed by atoms with van der Waals surface area (Å²) in [5.41, 5.74) is 16.6. The van der Waals surface area contributed by atoms with Crippen LogP contribution in [0.4, 0.5) is 48.1 Å². The number of benzene rings is 3. The van der Waals surface area contributed by atoms with E-state index in [4.69, 9.17) is 16.0 Å². The van der Waals surface area contributed by atoms with E-state index in [1.165, 1.54) is 58.1 Å². The van der Waals surface area contributed by atoms with Crippen molar-refractivity contribution in [3.8, 4) is 0 Å². The van der Waals surface area contributed by atoms with Crippen molar-refractivity contribution < 1.29 is 44.8 Å². The Hall–Kier alpha value is -11.1. The molecule has 3 fully saturated rings. The van der Waals surface area contributed by atoms with Crippen LogP contribution in [0, 0.1) is 53.2 Å². The number of hydrogen-bond donors (Lipinski definition) is 2. The van der Waals surface area contributed by atoms with Gasteiger partial charge in [0.05, 0.1) is 24.4 Å². The summed E-state index contributed by atoms with van der Waals surface area (Å²) in [6.07, 6.45) is 4.39. The van der Waals surface area contributed by atoms with Gasteiger partial charge in [0, 0.05) is 96.6 Å². The van der Waals surface area contributed by atoms with Crippen molar-refractivity contribution in [2.75, 3.05) is 22.9 Å². The van der Waals surface area contributed by atoms with Crippen molar-refractivity contribution in [2.24, 2.45) is 0 Å². The molecule has 1 aliphatic heterocycles. The molecule has 1 atom stereocenters. The first-order valence-corrected chi connectivity index (χ1v) is 33.3. The summed E-state index contributed by atoms with van der Waals surface area (Å²) < 4.78 is 102. The number of rotatable bonds is 13. The predicted molar refractivity (Wildman–Crippen MR) is 374 cm³/mol. The van der Waals surface area contributed by atoms with Gasteiger partial charge in [0.25, 0.3) is 29.0 Å². The van der Waals surface area contributed by atoms with Crippen molar-refractivity contribution in [3.05, 3.63) is 201 Å². The molecule has 546 valence electrons. The van der Waals surface area contributed by atoms with Crippen molar-refractivity contribution in [2.45, 2.75) is 178 Å². The lowest BCUT2D eigenvalue weighted by atomic mass is 10.1. The molecular formula is C71H85F7N22O3. The number of alkyl halides is 5. The van der Waals surface area contributed by atoms with Crippen LogP contribution in [-0.2, 0) is 47.6 Å². The first-order valence-electron chi connectivity index (χ1n) is 33.3. The monoisotopic (exact) mass is 1430 g/mol. The second-order valence-corrected chi connectivity index (χ2v) is 24.1. The fourth-order valence-corrected chi connectivity index (χ4v) is 11.0. The summed E-state index contributed by atoms with van der Waals surface area (Å²) in [5, 5.41) is 20.9. The summed E-state index contributed by atoms with van der Waals surface area (Å²) >= 11 is 0. The van der Waals surface area contributed by atoms with Crippen LogP contribution < -0.4 is 16.4 Å². The van der Waals surface area contributed by atoms with E-state index in [1.54, 1.807) is 50.3 Å². The lowest BCUT2D eigenvalue weighted by molar-refractivity contribution is -0.137. The highest BCUT2D eigenvalue weighted by Gasteiger charge is 2.37. The zero-order valence-electron chi connectivity index (χ0n) is 58.4. The standard InChI is InChI=1S/2C19H20FN5O.C15H16F2N6O.C7H6F3N.C6H7N5.2C2H6.CH4/c1-12-9-13(2)25-19(21-12)22-17(23-25)10-18(26)24(16-7-8-16)11-14-3-5-15(20)6-4-14;1-12-9-13(2)25-19(21-12)22-17(23-25)10-18(26)24(15-7-8-15)11-14-5-3-4-6-16(14)20;1-9-6-10(21-24-9)11-4-3-5-22(11)13-7-12(15(2,16)17)20-14-18-8-19-23(13)14;8-7(9,10)5-2-1-3-6(11)4-5;1-4-2-5(7)11-6(10-4)8-3-9-11;2*1-2;/h3-6,9,16H,7-8,10-11H2,1-2H3;3-6,9,15H,7-8,10-11H2,1-2H3;6-8,11H,3-5H2,1-2H3;1-4H,11H2;2-3H,7H2,1H3;2*1-2H3;1H4. The summed E-state index contributed by atoms with van der Waals surface area (Å²) in [5.74, 6) is 0.743. The number of carbonyl (C=O) groups is 2. The van der Waals surface area contributed by atoms with Gasteiger partial charge in [0.2, 0.25) is 11.8 Å². The number of carbonyl (C=O) groups excluding carboxylic acids is 2. The summed E-state index contributed by atoms with van der Waals surface area (Å²) in [6.45, 7) is 21.7. The van der Waals surface area contributed by atoms with E-state index in [0.717, 1.165) is 103 Å². The van der Waals surface area contributed by atoms with Crippen molar-refractivity contribution >= 4 is 52.2 Å². The number of aryl methyl sites for hydroxylation is 6. The van der Waals surface area contributed by atoms with Crippen LogP contribution in [0.15, 0.2) is 120 Å². The molecule has 15 rings (SSSR count). The molecule has 0 bridgehead atoms. The largest absolute Gasteiger partial charge is 0.416 e. The molecule has 103 heavy (non-hydrogen) atoms. The highest BCUT2D eigenvalue weighted by Crippen LogP contribution is 2.38. The van der Waals surface area contributed by atoms with Crippen LogP contribution in [0.5, 0.6) is 0 Å². The summed E-state index contributed by atoms with van der Waals surface area (Å²) in [7, 11) is 0. The predicted octanol–water partition coefficient (Wildman–Crippen LogP) is 13.1. The normalized spacial score (nSPS) is 13.9. The molecule has 0 spiro atoms. The third-order valence-corrected chi connectivity index (χ3v) is 16.0. The lowest BCUT2D eigenvalue weighted by Gasteiger charge is -2.26. The number of aromatic nitrogens is 17. The second-order valence-electron chi connectivity index (χ2n) is 24.1. The smallest absolute Gasteiger partial charge is 0.399 e. The van der Waals surface area contributed by atoms with Crippen molar-refractivity contribution in [1.29, 1.82) is 0 Å². The zero-order chi connectivity index (χ0) is 73.7. The van der Waals surface area contributed by atoms with Gasteiger partial charge in [-0.05, 0) is 134 Å². The van der Waals surface area contributed by atoms with Gasteiger partial charge in [-0.2, -0.15) is 61.1 Å². The van der Waals surface area contributed by atoms with E-state index in [-0.39, 0.29) is 85.5 Å². The maximum atomic E-state index is 14.0. The fraction of sp³-hybridized carbons (Fsp3) is 0.394. The van der Waals surface area contributed by atoms with E-state index in [2.05, 4.69) is 65.4 Å². The molecule has 1 saturated heterocycles. The molecule has 25 nitrogen and oxygen atoms in total. The van der Waals surface area contributed by atoms with Crippen molar-refractivity contribution in [3.63, 3.8) is 0 Å². The zero-order valence-corrected chi connectivity index (χ0v) is 58.4. The quantitative estimate of drug-likeness (QED) is 0.0800. The van der Waals surface area contributed by atoms with Gasteiger partial charge in [-0.1, -0.05) is 76.7 Å². The molecule has 2 saturated carbocycles. The van der Waals surface area contributed by atoms with E-state index >= 15 is 0 Å². The number of amides is 2. The molecular weight excluding hydrogens is 1340 g/mol. The molecule has 10 heterocycles. The highest BCUT2D eigenvalue weighted by atomic mass is 19.4. The summed E-state index contributed by atoms with van der Waals surface area (Å²) in [4.78, 5) is 64.7. The molecule has 4 N–H and O–H groups in total. The first kappa shape index (κ1) is 77.7. The topological polar surface area (TPSA) is 294 Å². The number of anilines is 3. The number of halogens is 7. The maximum Gasteiger partial charge on any atom is 0.416 e. The molecule has 2 amide bonds. The molecule has 32 heteroatoms. The van der Waals surface area contributed by atoms with Crippen LogP contribution in [0.2, 0.25) is 0 Å². The minimum atomic E-state index is -4.30. The number of nitrogens with two attached hydrogens (primary N) is 2. The van der Waals surface area contributed by atoms with Gasteiger partial charge in [0.15, 0.2) is 11.6 Å². The highest BCUT2D eigenvalue weighted by molar-refractivity contribution is 5.79. The first-order chi connectivity index (χ1) is 48.7. The van der Waals surface area contributed by atoms with E-state index in [9.17, 15) is 40.3 Å². The third kappa shape index (κ3) is 20.1. The third-order valence-electron chi connectivity index (χ3n) is 16.0. The fourth-order valence-electron chi connectivity index (χ4n) is 11.0. The van der Waals surface area contributed by atoms with E-state index < -0.39 is 17.7 Å². The molecule has 2 aliphatic carbocycles. The number of nitrogen functional groups attached to an aromatic ring is 2. The average molecular weight is 1430 g/mol. The van der Waals surface area contributed by atoms with E-state index in [1.807, 2.05) is 97.2 Å². The molecule has 3 aliphatic rings. The Balaban J connectivity index is 0.000000167. The van der Waals surface area contributed by atoms with Crippen LogP contribution in [0.3, 0.4) is 0 Å². The molecule has 0 radical (unpaired) electrons. The lowest BCUT2D eigenvalue weighted by Crippen LogP contribution is -2.34. The minimum Gasteiger partial charge on any atom is -0.399 e. The average Bonchev–Trinajstić information content (AvgIpc) is 1.65. The maximum absolute atomic E-state index is 14.0. The molecule has 3 aromatic carbocycles. The van der Waals surface area contributed by atoms with Crippen LogP contribution in [-0.4, -0.2) is 124 Å². The minimum absolute atomic E-state index is 0. The number of hydrogen-bond acceptors (Lipinski definition) is 19. The Morgan fingerprint density at radius 3 is 1.64 bits per heavy atom. The number of fused-ring (bicyclic) bond motifs is 4. The van der Waals surface area contributed by atoms with Gasteiger partial charge in [-0.15, -0.1) is 10.2 Å². The van der Waals surface area contributed by atoms with E-state index in [0.29, 0.717) is 59.3 Å². The molecule has 9 aromatic heterocycles. The van der Waals surface area contributed by atoms with Gasteiger partial charge in [0.1, 0.15) is 53.1 Å².